The van der Waals surface area contributed by atoms with Crippen molar-refractivity contribution in [1.82, 2.24) is 20.5 Å². The van der Waals surface area contributed by atoms with Gasteiger partial charge in [-0.05, 0) is 30.6 Å². The van der Waals surface area contributed by atoms with Gasteiger partial charge in [0.05, 0.1) is 17.2 Å². The van der Waals surface area contributed by atoms with Crippen LogP contribution in [0.2, 0.25) is 0 Å². The molecule has 0 spiro atoms. The van der Waals surface area contributed by atoms with Gasteiger partial charge in [0.2, 0.25) is 0 Å². The number of piperidine rings is 2. The van der Waals surface area contributed by atoms with Crippen LogP contribution < -0.4 is 10.7 Å². The number of fused-ring (bicyclic) bond motifs is 1. The van der Waals surface area contributed by atoms with Gasteiger partial charge in [-0.25, -0.2) is 0 Å². The van der Waals surface area contributed by atoms with Crippen molar-refractivity contribution in [3.63, 3.8) is 0 Å². The standard InChI is InChI=1S/C21H29N5OS/c28-20(22-11-18-7-4-10-27-18)24-23-19-16-12-25-8-9-26(13-16)15-21(19,14-25)17-5-2-1-3-6-17/h1-3,5-6,16,18H,4,7-15H2,(H2,22,24,28). The van der Waals surface area contributed by atoms with Gasteiger partial charge in [0.15, 0.2) is 5.11 Å². The lowest BCUT2D eigenvalue weighted by molar-refractivity contribution is 0.114. The second kappa shape index (κ2) is 7.71. The predicted octanol–water partition coefficient (Wildman–Crippen LogP) is 1.18. The van der Waals surface area contributed by atoms with E-state index in [4.69, 9.17) is 22.1 Å². The number of benzene rings is 1. The van der Waals surface area contributed by atoms with Crippen LogP contribution in [0.5, 0.6) is 0 Å². The Kier molecular flexibility index (Phi) is 5.09. The van der Waals surface area contributed by atoms with Crippen molar-refractivity contribution in [3.05, 3.63) is 35.9 Å². The molecule has 5 aliphatic heterocycles. The summed E-state index contributed by atoms with van der Waals surface area (Å²) in [6, 6.07) is 10.9. The molecule has 0 saturated carbocycles. The van der Waals surface area contributed by atoms with E-state index in [0.717, 1.165) is 65.3 Å². The first-order valence-corrected chi connectivity index (χ1v) is 10.9. The van der Waals surface area contributed by atoms with Gasteiger partial charge in [-0.3, -0.25) is 5.43 Å². The first-order chi connectivity index (χ1) is 13.7. The van der Waals surface area contributed by atoms with Crippen molar-refractivity contribution in [2.24, 2.45) is 11.0 Å². The molecule has 5 heterocycles. The highest BCUT2D eigenvalue weighted by atomic mass is 32.1. The van der Waals surface area contributed by atoms with E-state index in [0.29, 0.717) is 11.0 Å². The minimum absolute atomic E-state index is 0.0455. The number of thiocarbonyl (C=S) groups is 1. The number of hydrogen-bond acceptors (Lipinski definition) is 5. The van der Waals surface area contributed by atoms with E-state index >= 15 is 0 Å². The summed E-state index contributed by atoms with van der Waals surface area (Å²) in [5, 5.41) is 8.80. The summed E-state index contributed by atoms with van der Waals surface area (Å²) in [4.78, 5) is 5.25. The van der Waals surface area contributed by atoms with Crippen molar-refractivity contribution >= 4 is 23.0 Å². The Morgan fingerprint density at radius 1 is 1.18 bits per heavy atom. The van der Waals surface area contributed by atoms with Crippen LogP contribution in [0.3, 0.4) is 0 Å². The molecular formula is C21H29N5OS. The van der Waals surface area contributed by atoms with Gasteiger partial charge >= 0.3 is 0 Å². The topological polar surface area (TPSA) is 52.1 Å². The average molecular weight is 400 g/mol. The number of nitrogens with one attached hydrogen (secondary N) is 2. The third-order valence-electron chi connectivity index (χ3n) is 6.67. The normalized spacial score (nSPS) is 37.8. The Bertz CT molecular complexity index is 732. The molecule has 4 bridgehead atoms. The van der Waals surface area contributed by atoms with Gasteiger partial charge in [-0.1, -0.05) is 30.3 Å². The molecule has 28 heavy (non-hydrogen) atoms. The van der Waals surface area contributed by atoms with Gasteiger partial charge in [0.25, 0.3) is 0 Å². The summed E-state index contributed by atoms with van der Waals surface area (Å²) in [5.41, 5.74) is 5.76. The number of hydrazone groups is 1. The van der Waals surface area contributed by atoms with Gasteiger partial charge in [-0.2, -0.15) is 5.10 Å². The molecule has 0 radical (unpaired) electrons. The summed E-state index contributed by atoms with van der Waals surface area (Å²) < 4.78 is 5.67. The fourth-order valence-electron chi connectivity index (χ4n) is 5.42. The molecular weight excluding hydrogens is 370 g/mol. The lowest BCUT2D eigenvalue weighted by Crippen LogP contribution is -2.64. The molecule has 5 fully saturated rings. The fraction of sp³-hybridized carbons (Fsp3) is 0.619. The highest BCUT2D eigenvalue weighted by Gasteiger charge is 2.53. The summed E-state index contributed by atoms with van der Waals surface area (Å²) in [6.07, 6.45) is 2.52. The minimum atomic E-state index is -0.0455. The molecule has 5 saturated heterocycles. The van der Waals surface area contributed by atoms with E-state index in [1.54, 1.807) is 0 Å². The van der Waals surface area contributed by atoms with Gasteiger partial charge < -0.3 is 19.9 Å². The van der Waals surface area contributed by atoms with Crippen molar-refractivity contribution in [3.8, 4) is 0 Å². The predicted molar refractivity (Wildman–Crippen MR) is 115 cm³/mol. The third kappa shape index (κ3) is 3.45. The fourth-order valence-corrected chi connectivity index (χ4v) is 5.55. The molecule has 150 valence electrons. The lowest BCUT2D eigenvalue weighted by Gasteiger charge is -2.50. The van der Waals surface area contributed by atoms with Crippen LogP contribution in [-0.4, -0.2) is 79.1 Å². The first kappa shape index (κ1) is 18.5. The van der Waals surface area contributed by atoms with E-state index < -0.39 is 0 Å². The largest absolute Gasteiger partial charge is 0.376 e. The van der Waals surface area contributed by atoms with Crippen molar-refractivity contribution < 1.29 is 4.74 Å². The highest BCUT2D eigenvalue weighted by Crippen LogP contribution is 2.40. The Balaban J connectivity index is 1.37. The molecule has 0 aromatic heterocycles. The molecule has 3 unspecified atom stereocenters. The summed E-state index contributed by atoms with van der Waals surface area (Å²) in [6.45, 7) is 8.22. The van der Waals surface area contributed by atoms with E-state index in [9.17, 15) is 0 Å². The van der Waals surface area contributed by atoms with Crippen LogP contribution in [-0.2, 0) is 10.2 Å². The number of ether oxygens (including phenoxy) is 1. The summed E-state index contributed by atoms with van der Waals surface area (Å²) >= 11 is 5.49. The van der Waals surface area contributed by atoms with E-state index in [-0.39, 0.29) is 11.5 Å². The number of nitrogens with zero attached hydrogens (tertiary/aromatic N) is 3. The molecule has 6 rings (SSSR count). The molecule has 3 atom stereocenters. The maximum Gasteiger partial charge on any atom is 0.187 e. The van der Waals surface area contributed by atoms with Crippen LogP contribution in [0.15, 0.2) is 35.4 Å². The maximum atomic E-state index is 5.67. The monoisotopic (exact) mass is 399 g/mol. The summed E-state index contributed by atoms with van der Waals surface area (Å²) in [5.74, 6) is 0.457. The Labute approximate surface area is 172 Å². The lowest BCUT2D eigenvalue weighted by atomic mass is 9.66. The minimum Gasteiger partial charge on any atom is -0.376 e. The number of rotatable bonds is 4. The van der Waals surface area contributed by atoms with Gasteiger partial charge in [0, 0.05) is 58.3 Å². The molecule has 5 aliphatic rings. The molecule has 7 heteroatoms. The smallest absolute Gasteiger partial charge is 0.187 e. The quantitative estimate of drug-likeness (QED) is 0.586. The molecule has 0 aliphatic carbocycles. The SMILES string of the molecule is S=C(NCC1CCCO1)NN=C1C2CN3CCN(C2)CC1(c1ccccc1)C3. The van der Waals surface area contributed by atoms with Gasteiger partial charge in [0.1, 0.15) is 0 Å². The van der Waals surface area contributed by atoms with Gasteiger partial charge in [-0.15, -0.1) is 0 Å². The molecule has 1 aromatic rings. The van der Waals surface area contributed by atoms with Crippen LogP contribution in [0.1, 0.15) is 18.4 Å². The molecule has 6 nitrogen and oxygen atoms in total. The number of hydrogen-bond donors (Lipinski definition) is 2. The first-order valence-electron chi connectivity index (χ1n) is 10.5. The second-order valence-corrected chi connectivity index (χ2v) is 8.98. The Morgan fingerprint density at radius 2 is 1.93 bits per heavy atom. The third-order valence-corrected chi connectivity index (χ3v) is 6.91. The van der Waals surface area contributed by atoms with Crippen LogP contribution in [0.25, 0.3) is 0 Å². The van der Waals surface area contributed by atoms with E-state index in [1.165, 1.54) is 11.3 Å². The van der Waals surface area contributed by atoms with Crippen molar-refractivity contribution in [1.29, 1.82) is 0 Å². The van der Waals surface area contributed by atoms with Crippen LogP contribution >= 0.6 is 12.2 Å². The Hall–Kier alpha value is -1.54. The highest BCUT2D eigenvalue weighted by molar-refractivity contribution is 7.80. The molecule has 2 N–H and O–H groups in total. The van der Waals surface area contributed by atoms with E-state index in [2.05, 4.69) is 50.9 Å². The van der Waals surface area contributed by atoms with Crippen LogP contribution in [0, 0.1) is 5.92 Å². The second-order valence-electron chi connectivity index (χ2n) is 8.57. The molecule has 0 amide bonds. The zero-order valence-corrected chi connectivity index (χ0v) is 17.1. The zero-order chi connectivity index (χ0) is 19.0. The molecule has 1 aromatic carbocycles. The Morgan fingerprint density at radius 3 is 2.61 bits per heavy atom. The summed E-state index contributed by atoms with van der Waals surface area (Å²) in [7, 11) is 0. The van der Waals surface area contributed by atoms with Crippen LogP contribution in [0.4, 0.5) is 0 Å². The maximum absolute atomic E-state index is 5.67. The van der Waals surface area contributed by atoms with E-state index in [1.807, 2.05) is 0 Å². The zero-order valence-electron chi connectivity index (χ0n) is 16.3. The van der Waals surface area contributed by atoms with Crippen molar-refractivity contribution in [2.75, 3.05) is 52.4 Å². The average Bonchev–Trinajstić information content (AvgIpc) is 3.12. The van der Waals surface area contributed by atoms with Crippen molar-refractivity contribution in [2.45, 2.75) is 24.4 Å².